The number of halogens is 6. The van der Waals surface area contributed by atoms with Gasteiger partial charge in [0.1, 0.15) is 47.7 Å². The number of anilines is 2. The van der Waals surface area contributed by atoms with Crippen molar-refractivity contribution in [3.8, 4) is 34.0 Å². The summed E-state index contributed by atoms with van der Waals surface area (Å²) >= 11 is 3.51. The van der Waals surface area contributed by atoms with Gasteiger partial charge < -0.3 is 42.0 Å². The average Bonchev–Trinajstić information content (AvgIpc) is 2.02. The number of nitrogens with two attached hydrogens (primary N) is 2. The van der Waals surface area contributed by atoms with Crippen LogP contribution in [-0.4, -0.2) is 114 Å². The van der Waals surface area contributed by atoms with Gasteiger partial charge in [0.15, 0.2) is 34.4 Å². The van der Waals surface area contributed by atoms with E-state index in [9.17, 15) is 27.2 Å². The third-order valence-electron chi connectivity index (χ3n) is 12.3. The fourth-order valence-corrected chi connectivity index (χ4v) is 8.90. The van der Waals surface area contributed by atoms with Crippen molar-refractivity contribution >= 4 is 77.9 Å². The molecule has 0 amide bonds. The predicted molar refractivity (Wildman–Crippen MR) is 301 cm³/mol. The van der Waals surface area contributed by atoms with E-state index in [1.54, 1.807) is 54.5 Å². The maximum Gasteiger partial charge on any atom is 1.00 e. The number of aromatic nitrogens is 12. The number of rotatable bonds is 16. The molecule has 0 radical (unpaired) electrons. The van der Waals surface area contributed by atoms with Gasteiger partial charge in [0, 0.05) is 51.6 Å². The SMILES string of the molecule is COCCCn1c(C(C)Br)nc2ccccc2c1=O.COCCCn1c(C(C)n2nc(-c3ccc(OC)c(F)c3F)c3c(N)ncnc32)nc2ccccc2c1=O.COc1ccc(-c2[nH]nc3ncnc(N)c23)c(F)c1F.O=CO[O-].[2H]CF.[H-].[K+].[K+]. The van der Waals surface area contributed by atoms with E-state index in [0.717, 1.165) is 17.8 Å². The molecular weight excluding hydrogens is 1240 g/mol. The number of ether oxygens (including phenoxy) is 4. The van der Waals surface area contributed by atoms with Crippen molar-refractivity contribution in [2.75, 3.05) is 60.3 Å². The van der Waals surface area contributed by atoms with Crippen molar-refractivity contribution in [2.24, 2.45) is 0 Å². The van der Waals surface area contributed by atoms with Gasteiger partial charge in [-0.25, -0.2) is 43.4 Å². The summed E-state index contributed by atoms with van der Waals surface area (Å²) in [5.41, 5.74) is 13.7. The van der Waals surface area contributed by atoms with E-state index in [1.165, 1.54) is 55.8 Å². The van der Waals surface area contributed by atoms with Gasteiger partial charge >= 0.3 is 103 Å². The first kappa shape index (κ1) is 70.0. The fourth-order valence-electron chi connectivity index (χ4n) is 8.55. The molecule has 0 aliphatic heterocycles. The zero-order valence-electron chi connectivity index (χ0n) is 49.3. The van der Waals surface area contributed by atoms with Gasteiger partial charge in [0.25, 0.3) is 17.6 Å². The van der Waals surface area contributed by atoms with Gasteiger partial charge in [0.2, 0.25) is 11.6 Å². The Morgan fingerprint density at radius 1 is 0.718 bits per heavy atom. The smallest absolute Gasteiger partial charge is 1.00 e. The van der Waals surface area contributed by atoms with E-state index in [1.807, 2.05) is 31.2 Å². The monoisotopic (exact) mass is 1300 g/mol. The number of H-pyrrole nitrogens is 1. The molecule has 10 aromatic rings. The Kier molecular flexibility index (Phi) is 28.4. The summed E-state index contributed by atoms with van der Waals surface area (Å²) in [6, 6.07) is 19.2. The van der Waals surface area contributed by atoms with E-state index < -0.39 is 36.5 Å². The molecule has 0 aliphatic carbocycles. The molecule has 6 heterocycles. The number of alkyl halides is 2. The van der Waals surface area contributed by atoms with Crippen LogP contribution in [0.3, 0.4) is 0 Å². The number of aromatic amines is 1. The van der Waals surface area contributed by atoms with Gasteiger partial charge in [0.05, 0.1) is 65.8 Å². The molecule has 0 fully saturated rings. The Balaban J connectivity index is 0.000000343. The summed E-state index contributed by atoms with van der Waals surface area (Å²) in [7, 11) is 4.76. The van der Waals surface area contributed by atoms with E-state index in [4.69, 9.17) is 46.8 Å². The first-order chi connectivity index (χ1) is 40.5. The summed E-state index contributed by atoms with van der Waals surface area (Å²) in [6.07, 6.45) is 3.87. The minimum absolute atomic E-state index is 0. The summed E-state index contributed by atoms with van der Waals surface area (Å²) in [5, 5.41) is 21.3. The Labute approximate surface area is 577 Å². The van der Waals surface area contributed by atoms with Gasteiger partial charge in [-0.2, -0.15) is 19.0 Å². The van der Waals surface area contributed by atoms with Crippen molar-refractivity contribution < 1.29 is 161 Å². The molecule has 6 aromatic heterocycles. The number of methoxy groups -OCH3 is 4. The van der Waals surface area contributed by atoms with Crippen LogP contribution in [-0.2, 0) is 32.2 Å². The van der Waals surface area contributed by atoms with Crippen LogP contribution in [0.25, 0.3) is 66.4 Å². The Morgan fingerprint density at radius 2 is 1.19 bits per heavy atom. The van der Waals surface area contributed by atoms with E-state index >= 15 is 4.39 Å². The molecule has 4 aromatic carbocycles. The average molecular weight is 1300 g/mol. The quantitative estimate of drug-likeness (QED) is 0.0236. The van der Waals surface area contributed by atoms with Gasteiger partial charge in [-0.1, -0.05) is 40.2 Å². The molecule has 0 saturated heterocycles. The maximum absolute atomic E-state index is 15.1. The number of carbonyl (C=O) groups is 1. The maximum atomic E-state index is 15.1. The molecular formula is C54H56BrF5K2N14O9. The summed E-state index contributed by atoms with van der Waals surface area (Å²) in [5.74, 6) is -3.50. The number of carbonyl (C=O) groups excluding carboxylic acids is 1. The third-order valence-corrected chi connectivity index (χ3v) is 12.7. The summed E-state index contributed by atoms with van der Waals surface area (Å²) in [4.78, 5) is 62.7. The molecule has 0 saturated carbocycles. The van der Waals surface area contributed by atoms with Crippen LogP contribution in [0.1, 0.15) is 52.0 Å². The van der Waals surface area contributed by atoms with E-state index in [2.05, 4.69) is 61.0 Å². The van der Waals surface area contributed by atoms with Gasteiger partial charge in [-0.05, 0) is 75.2 Å². The topological polar surface area (TPSA) is 306 Å². The minimum Gasteiger partial charge on any atom is -1.00 e. The van der Waals surface area contributed by atoms with E-state index in [0.29, 0.717) is 60.2 Å². The van der Waals surface area contributed by atoms with Crippen molar-refractivity contribution in [3.63, 3.8) is 0 Å². The van der Waals surface area contributed by atoms with Crippen molar-refractivity contribution in [2.45, 2.75) is 50.6 Å². The van der Waals surface area contributed by atoms with Crippen LogP contribution in [0.4, 0.5) is 33.6 Å². The molecule has 31 heteroatoms. The fraction of sp³-hybridized carbons (Fsp3) is 0.278. The second kappa shape index (κ2) is 34.5. The van der Waals surface area contributed by atoms with Crippen molar-refractivity contribution in [1.82, 2.24) is 59.0 Å². The normalized spacial score (nSPS) is 11.4. The Hall–Kier alpha value is -5.79. The van der Waals surface area contributed by atoms with Crippen LogP contribution >= 0.6 is 15.9 Å². The van der Waals surface area contributed by atoms with Crippen molar-refractivity contribution in [3.05, 3.63) is 141 Å². The number of nitrogens with zero attached hydrogens (tertiary/aromatic N) is 11. The zero-order valence-corrected chi connectivity index (χ0v) is 55.1. The standard InChI is InChI=1S/C26H25F2N7O3.C14H17BrN2O2.C12H9F2N5O.CH3F.CH2O3.2K.H/c1-14(24-32-17-8-5-4-7-15(17)26(36)34(24)11-6-12-37-2)35-25-19(23(29)30-13-31-25)22(33-35)16-9-10-18(38-3)21(28)20(16)27;1-10(15)13-16-12-7-4-3-6-11(12)14(18)17(13)8-5-9-19-2;1-20-6-3-2-5(8(13)9(6)14)10-7-11(15)16-4-17-12(7)19-18-10;1-2;2-1-4-3;;;/h4-5,7-10,13-14H,6,11-12H2,1-3H3,(H2,29,30,31);3-4,6-7,10H,5,8-9H2,1-2H3;2-4H,1H3,(H3,15,16,17,18,19);1H3;1,3H;;;/q;;;;;2*+1;-1/p-1/i;;;1D;;;;. The van der Waals surface area contributed by atoms with Gasteiger partial charge in [-0.15, -0.1) is 0 Å². The molecule has 440 valence electrons. The zero-order chi connectivity index (χ0) is 61.2. The third kappa shape index (κ3) is 16.4. The second-order valence-electron chi connectivity index (χ2n) is 17.3. The summed E-state index contributed by atoms with van der Waals surface area (Å²) < 4.78 is 97.7. The number of para-hydroxylation sites is 2. The molecule has 2 unspecified atom stereocenters. The van der Waals surface area contributed by atoms with Crippen LogP contribution in [0, 0.1) is 23.3 Å². The van der Waals surface area contributed by atoms with Crippen molar-refractivity contribution in [1.29, 1.82) is 0 Å². The number of benzene rings is 4. The number of hydrogen-bond acceptors (Lipinski definition) is 19. The molecule has 85 heavy (non-hydrogen) atoms. The van der Waals surface area contributed by atoms with Crippen LogP contribution in [0.15, 0.2) is 95.0 Å². The Morgan fingerprint density at radius 3 is 1.69 bits per heavy atom. The molecule has 0 spiro atoms. The minimum atomic E-state index is -1.15. The predicted octanol–water partition coefficient (Wildman–Crippen LogP) is 1.64. The first-order valence-corrected chi connectivity index (χ1v) is 25.6. The largest absolute Gasteiger partial charge is 1.00 e. The van der Waals surface area contributed by atoms with E-state index in [-0.39, 0.29) is 189 Å². The molecule has 23 nitrogen and oxygen atoms in total. The first-order valence-electron chi connectivity index (χ1n) is 25.4. The second-order valence-corrected chi connectivity index (χ2v) is 18.6. The number of nitrogens with one attached hydrogen (secondary N) is 1. The molecule has 2 atom stereocenters. The molecule has 10 rings (SSSR count). The van der Waals surface area contributed by atoms with Crippen LogP contribution in [0.5, 0.6) is 11.5 Å². The number of hydrogen-bond donors (Lipinski definition) is 3. The summed E-state index contributed by atoms with van der Waals surface area (Å²) in [6.45, 7) is 5.65. The number of fused-ring (bicyclic) bond motifs is 4. The number of nitrogen functional groups attached to an aromatic ring is 2. The Bertz CT molecular complexity index is 4030. The molecule has 5 N–H and O–H groups in total. The molecule has 0 bridgehead atoms. The van der Waals surface area contributed by atoms with Crippen LogP contribution in [0.2, 0.25) is 0 Å². The van der Waals surface area contributed by atoms with Gasteiger partial charge in [-0.3, -0.25) is 33.0 Å². The molecule has 0 aliphatic rings. The van der Waals surface area contributed by atoms with Crippen LogP contribution < -0.4 is 140 Å².